The normalized spacial score (nSPS) is 10.7. The van der Waals surface area contributed by atoms with Gasteiger partial charge in [0, 0.05) is 16.9 Å². The molecule has 2 aromatic heterocycles. The van der Waals surface area contributed by atoms with Crippen LogP contribution in [0, 0.1) is 0 Å². The summed E-state index contributed by atoms with van der Waals surface area (Å²) in [7, 11) is 0. The van der Waals surface area contributed by atoms with Gasteiger partial charge in [-0.3, -0.25) is 14.6 Å². The lowest BCUT2D eigenvalue weighted by Crippen LogP contribution is -2.14. The number of nitrogens with one attached hydrogen (secondary N) is 3. The minimum absolute atomic E-state index is 0.225. The number of aromatic amines is 1. The summed E-state index contributed by atoms with van der Waals surface area (Å²) in [6.45, 7) is 0. The number of fused-ring (bicyclic) bond motifs is 1. The highest BCUT2D eigenvalue weighted by molar-refractivity contribution is 7.12. The van der Waals surface area contributed by atoms with Crippen LogP contribution in [0.1, 0.15) is 20.0 Å². The Morgan fingerprint density at radius 2 is 1.74 bits per heavy atom. The van der Waals surface area contributed by atoms with Crippen molar-refractivity contribution in [3.05, 3.63) is 81.0 Å². The van der Waals surface area contributed by atoms with Gasteiger partial charge in [0.05, 0.1) is 10.4 Å². The van der Waals surface area contributed by atoms with Crippen LogP contribution in [-0.4, -0.2) is 16.8 Å². The number of thiophene rings is 1. The zero-order valence-corrected chi connectivity index (χ0v) is 14.6. The van der Waals surface area contributed by atoms with Gasteiger partial charge in [-0.25, -0.2) is 4.79 Å². The van der Waals surface area contributed by atoms with Gasteiger partial charge in [-0.15, -0.1) is 11.3 Å². The van der Waals surface area contributed by atoms with Crippen LogP contribution in [0.15, 0.2) is 69.2 Å². The van der Waals surface area contributed by atoms with E-state index in [2.05, 4.69) is 15.6 Å². The maximum atomic E-state index is 12.5. The maximum absolute atomic E-state index is 12.5. The fraction of sp³-hybridized carbons (Fsp3) is 0. The second kappa shape index (κ2) is 6.93. The molecule has 2 aromatic carbocycles. The Labute approximate surface area is 156 Å². The van der Waals surface area contributed by atoms with Gasteiger partial charge >= 0.3 is 5.76 Å². The first-order valence-corrected chi connectivity index (χ1v) is 8.85. The standard InChI is InChI=1S/C19H13N3O4S/c23-17(20-13-6-7-15-14(10-13)22-19(25)26-15)11-3-1-4-12(9-11)21-18(24)16-5-2-8-27-16/h1-10H,(H,20,23)(H,21,24)(H,22,25). The second-order valence-corrected chi connectivity index (χ2v) is 6.64. The molecule has 0 aliphatic rings. The summed E-state index contributed by atoms with van der Waals surface area (Å²) in [5.41, 5.74) is 2.33. The number of amides is 2. The van der Waals surface area contributed by atoms with Gasteiger partial charge in [-0.1, -0.05) is 12.1 Å². The summed E-state index contributed by atoms with van der Waals surface area (Å²) >= 11 is 1.34. The van der Waals surface area contributed by atoms with Crippen LogP contribution in [0.25, 0.3) is 11.1 Å². The molecular formula is C19H13N3O4S. The van der Waals surface area contributed by atoms with E-state index in [0.717, 1.165) is 0 Å². The number of hydrogen-bond acceptors (Lipinski definition) is 5. The van der Waals surface area contributed by atoms with Crippen LogP contribution < -0.4 is 16.4 Å². The lowest BCUT2D eigenvalue weighted by Gasteiger charge is -2.08. The molecule has 0 aliphatic carbocycles. The van der Waals surface area contributed by atoms with Gasteiger partial charge in [0.1, 0.15) is 0 Å². The summed E-state index contributed by atoms with van der Waals surface area (Å²) in [5, 5.41) is 7.35. The van der Waals surface area contributed by atoms with Gasteiger partial charge in [0.25, 0.3) is 11.8 Å². The monoisotopic (exact) mass is 379 g/mol. The Hall–Kier alpha value is -3.65. The number of carbonyl (C=O) groups is 2. The molecule has 0 atom stereocenters. The SMILES string of the molecule is O=C(Nc1ccc2oc(=O)[nH]c2c1)c1cccc(NC(=O)c2cccs2)c1. The van der Waals surface area contributed by atoms with Crippen molar-refractivity contribution in [3.8, 4) is 0 Å². The number of aromatic nitrogens is 1. The van der Waals surface area contributed by atoms with Crippen LogP contribution in [0.5, 0.6) is 0 Å². The average molecular weight is 379 g/mol. The Morgan fingerprint density at radius 1 is 0.926 bits per heavy atom. The molecule has 27 heavy (non-hydrogen) atoms. The Kier molecular flexibility index (Phi) is 4.31. The fourth-order valence-electron chi connectivity index (χ4n) is 2.57. The van der Waals surface area contributed by atoms with E-state index in [0.29, 0.717) is 32.9 Å². The molecule has 8 heteroatoms. The van der Waals surface area contributed by atoms with Gasteiger partial charge in [-0.2, -0.15) is 0 Å². The highest BCUT2D eigenvalue weighted by atomic mass is 32.1. The summed E-state index contributed by atoms with van der Waals surface area (Å²) in [5.74, 6) is -1.12. The number of hydrogen-bond donors (Lipinski definition) is 3. The molecular weight excluding hydrogens is 366 g/mol. The van der Waals surface area contributed by atoms with Crippen LogP contribution >= 0.6 is 11.3 Å². The van der Waals surface area contributed by atoms with Crippen molar-refractivity contribution in [3.63, 3.8) is 0 Å². The molecule has 2 heterocycles. The van der Waals surface area contributed by atoms with Crippen molar-refractivity contribution in [2.75, 3.05) is 10.6 Å². The molecule has 4 rings (SSSR count). The molecule has 7 nitrogen and oxygen atoms in total. The van der Waals surface area contributed by atoms with Crippen molar-refractivity contribution in [1.82, 2.24) is 4.98 Å². The summed E-state index contributed by atoms with van der Waals surface area (Å²) in [6.07, 6.45) is 0. The highest BCUT2D eigenvalue weighted by Gasteiger charge is 2.11. The Balaban J connectivity index is 1.51. The molecule has 4 aromatic rings. The number of carbonyl (C=O) groups excluding carboxylic acids is 2. The fourth-order valence-corrected chi connectivity index (χ4v) is 3.19. The van der Waals surface area contributed by atoms with E-state index in [4.69, 9.17) is 4.42 Å². The van der Waals surface area contributed by atoms with Crippen molar-refractivity contribution in [2.24, 2.45) is 0 Å². The lowest BCUT2D eigenvalue weighted by molar-refractivity contribution is 0.101. The molecule has 0 radical (unpaired) electrons. The number of H-pyrrole nitrogens is 1. The van der Waals surface area contributed by atoms with E-state index < -0.39 is 5.76 Å². The maximum Gasteiger partial charge on any atom is 0.417 e. The van der Waals surface area contributed by atoms with Crippen molar-refractivity contribution in [2.45, 2.75) is 0 Å². The zero-order valence-electron chi connectivity index (χ0n) is 13.8. The first-order valence-electron chi connectivity index (χ1n) is 7.98. The van der Waals surface area contributed by atoms with Crippen LogP contribution in [0.4, 0.5) is 11.4 Å². The van der Waals surface area contributed by atoms with Crippen LogP contribution in [0.3, 0.4) is 0 Å². The van der Waals surface area contributed by atoms with E-state index >= 15 is 0 Å². The molecule has 0 aliphatic heterocycles. The van der Waals surface area contributed by atoms with E-state index in [9.17, 15) is 14.4 Å². The second-order valence-electron chi connectivity index (χ2n) is 5.69. The Morgan fingerprint density at radius 3 is 2.56 bits per heavy atom. The van der Waals surface area contributed by atoms with Crippen molar-refractivity contribution >= 4 is 45.6 Å². The van der Waals surface area contributed by atoms with Crippen LogP contribution in [-0.2, 0) is 0 Å². The molecule has 2 amide bonds. The highest BCUT2D eigenvalue weighted by Crippen LogP contribution is 2.19. The molecule has 134 valence electrons. The predicted octanol–water partition coefficient (Wildman–Crippen LogP) is 3.69. The molecule has 0 unspecified atom stereocenters. The molecule has 0 saturated carbocycles. The minimum Gasteiger partial charge on any atom is -0.408 e. The smallest absolute Gasteiger partial charge is 0.408 e. The molecule has 0 spiro atoms. The quantitative estimate of drug-likeness (QED) is 0.503. The first-order chi connectivity index (χ1) is 13.1. The third-order valence-electron chi connectivity index (χ3n) is 3.80. The molecule has 3 N–H and O–H groups in total. The first kappa shape index (κ1) is 16.8. The summed E-state index contributed by atoms with van der Waals surface area (Å²) in [4.78, 5) is 39.0. The van der Waals surface area contributed by atoms with Crippen molar-refractivity contribution in [1.29, 1.82) is 0 Å². The number of rotatable bonds is 4. The number of benzene rings is 2. The predicted molar refractivity (Wildman–Crippen MR) is 104 cm³/mol. The largest absolute Gasteiger partial charge is 0.417 e. The number of anilines is 2. The molecule has 0 saturated heterocycles. The van der Waals surface area contributed by atoms with E-state index in [1.54, 1.807) is 54.6 Å². The molecule has 0 bridgehead atoms. The van der Waals surface area contributed by atoms with E-state index in [1.165, 1.54) is 11.3 Å². The zero-order chi connectivity index (χ0) is 18.8. The van der Waals surface area contributed by atoms with Crippen molar-refractivity contribution < 1.29 is 14.0 Å². The van der Waals surface area contributed by atoms with Crippen LogP contribution in [0.2, 0.25) is 0 Å². The van der Waals surface area contributed by atoms with E-state index in [-0.39, 0.29) is 11.8 Å². The third kappa shape index (κ3) is 3.65. The van der Waals surface area contributed by atoms with Gasteiger partial charge in [0.2, 0.25) is 0 Å². The van der Waals surface area contributed by atoms with E-state index in [1.807, 2.05) is 5.38 Å². The third-order valence-corrected chi connectivity index (χ3v) is 4.67. The number of oxazole rings is 1. The Bertz CT molecular complexity index is 1190. The average Bonchev–Trinajstić information content (AvgIpc) is 3.30. The topological polar surface area (TPSA) is 104 Å². The van der Waals surface area contributed by atoms with Gasteiger partial charge in [0.15, 0.2) is 5.58 Å². The lowest BCUT2D eigenvalue weighted by atomic mass is 10.1. The van der Waals surface area contributed by atoms with Gasteiger partial charge in [-0.05, 0) is 47.8 Å². The summed E-state index contributed by atoms with van der Waals surface area (Å²) < 4.78 is 4.93. The molecule has 0 fully saturated rings. The minimum atomic E-state index is -0.553. The van der Waals surface area contributed by atoms with Gasteiger partial charge < -0.3 is 15.1 Å². The summed E-state index contributed by atoms with van der Waals surface area (Å²) in [6, 6.07) is 15.0.